The van der Waals surface area contributed by atoms with Crippen molar-refractivity contribution < 1.29 is 14.3 Å². The van der Waals surface area contributed by atoms with Crippen LogP contribution in [0.25, 0.3) is 11.1 Å². The topological polar surface area (TPSA) is 64.8 Å². The lowest BCUT2D eigenvalue weighted by Crippen LogP contribution is -2.34. The van der Waals surface area contributed by atoms with Gasteiger partial charge in [0.25, 0.3) is 0 Å². The Morgan fingerprint density at radius 1 is 0.862 bits per heavy atom. The number of nitrogens with two attached hydrogens (primary N) is 1. The smallest absolute Gasteiger partial charge is 0.414 e. The molecule has 3 aromatic carbocycles. The number of carbonyl (C=O) groups excluding carboxylic acids is 1. The Hall–Kier alpha value is -3.47. The van der Waals surface area contributed by atoms with Crippen molar-refractivity contribution in [2.45, 2.75) is 26.4 Å². The fourth-order valence-electron chi connectivity index (χ4n) is 2.81. The summed E-state index contributed by atoms with van der Waals surface area (Å²) in [7, 11) is 1.62. The molecule has 2 N–H and O–H groups in total. The largest absolute Gasteiger partial charge is 0.457 e. The van der Waals surface area contributed by atoms with Gasteiger partial charge in [-0.3, -0.25) is 4.90 Å². The molecule has 0 aliphatic heterocycles. The molecule has 0 heterocycles. The summed E-state index contributed by atoms with van der Waals surface area (Å²) in [5, 5.41) is 0. The minimum atomic E-state index is -0.591. The molecule has 3 rings (SSSR count). The minimum absolute atomic E-state index is 0.462. The molecule has 3 aromatic rings. The van der Waals surface area contributed by atoms with E-state index in [0.717, 1.165) is 11.1 Å². The fraction of sp³-hybridized carbons (Fsp3) is 0.208. The number of hydrogen-bond donors (Lipinski definition) is 1. The highest BCUT2D eigenvalue weighted by molar-refractivity contribution is 5.91. The fourth-order valence-corrected chi connectivity index (χ4v) is 2.81. The first-order chi connectivity index (χ1) is 13.7. The van der Waals surface area contributed by atoms with Gasteiger partial charge in [-0.2, -0.15) is 0 Å². The van der Waals surface area contributed by atoms with Gasteiger partial charge < -0.3 is 15.2 Å². The average molecular weight is 390 g/mol. The normalized spacial score (nSPS) is 11.0. The summed E-state index contributed by atoms with van der Waals surface area (Å²) in [6.45, 7) is 5.46. The van der Waals surface area contributed by atoms with Gasteiger partial charge in [-0.15, -0.1) is 0 Å². The van der Waals surface area contributed by atoms with Crippen LogP contribution < -0.4 is 15.4 Å². The lowest BCUT2D eigenvalue weighted by atomic mass is 10.1. The van der Waals surface area contributed by atoms with Crippen molar-refractivity contribution in [2.75, 3.05) is 17.7 Å². The highest BCUT2D eigenvalue weighted by Crippen LogP contribution is 2.32. The molecule has 0 aliphatic carbocycles. The van der Waals surface area contributed by atoms with Crippen LogP contribution in [0.5, 0.6) is 11.5 Å². The molecule has 0 atom stereocenters. The number of carbonyl (C=O) groups is 1. The van der Waals surface area contributed by atoms with Gasteiger partial charge >= 0.3 is 6.09 Å². The van der Waals surface area contributed by atoms with Crippen molar-refractivity contribution in [1.82, 2.24) is 0 Å². The zero-order valence-electron chi connectivity index (χ0n) is 17.2. The van der Waals surface area contributed by atoms with Crippen molar-refractivity contribution >= 4 is 17.5 Å². The van der Waals surface area contributed by atoms with E-state index in [1.54, 1.807) is 25.2 Å². The molecule has 0 saturated carbocycles. The van der Waals surface area contributed by atoms with Crippen LogP contribution in [0.2, 0.25) is 0 Å². The predicted octanol–water partition coefficient (Wildman–Crippen LogP) is 6.10. The monoisotopic (exact) mass is 390 g/mol. The Kier molecular flexibility index (Phi) is 5.78. The molecule has 0 aromatic heterocycles. The van der Waals surface area contributed by atoms with Crippen LogP contribution in [0.15, 0.2) is 72.8 Å². The zero-order chi connectivity index (χ0) is 21.0. The molecular weight excluding hydrogens is 364 g/mol. The molecule has 0 unspecified atom stereocenters. The lowest BCUT2D eigenvalue weighted by molar-refractivity contribution is 0.0589. The molecule has 0 aliphatic rings. The van der Waals surface area contributed by atoms with Gasteiger partial charge in [0, 0.05) is 13.1 Å². The molecule has 29 heavy (non-hydrogen) atoms. The van der Waals surface area contributed by atoms with Crippen LogP contribution in [0, 0.1) is 0 Å². The van der Waals surface area contributed by atoms with E-state index in [9.17, 15) is 4.79 Å². The van der Waals surface area contributed by atoms with E-state index in [2.05, 4.69) is 12.1 Å². The highest BCUT2D eigenvalue weighted by atomic mass is 16.6. The number of nitrogens with zero attached hydrogens (tertiary/aromatic N) is 1. The Bertz CT molecular complexity index is 995. The second kappa shape index (κ2) is 8.27. The van der Waals surface area contributed by atoms with E-state index >= 15 is 0 Å². The summed E-state index contributed by atoms with van der Waals surface area (Å²) in [4.78, 5) is 13.8. The van der Waals surface area contributed by atoms with E-state index in [-0.39, 0.29) is 0 Å². The first-order valence-corrected chi connectivity index (χ1v) is 9.42. The van der Waals surface area contributed by atoms with Gasteiger partial charge in [-0.25, -0.2) is 4.79 Å². The zero-order valence-corrected chi connectivity index (χ0v) is 17.2. The van der Waals surface area contributed by atoms with Gasteiger partial charge in [0.05, 0.1) is 11.4 Å². The molecule has 0 fully saturated rings. The summed E-state index contributed by atoms with van der Waals surface area (Å²) in [5.41, 5.74) is 8.65. The van der Waals surface area contributed by atoms with Crippen LogP contribution >= 0.6 is 0 Å². The van der Waals surface area contributed by atoms with Gasteiger partial charge in [0.2, 0.25) is 0 Å². The molecule has 1 amide bonds. The van der Waals surface area contributed by atoms with E-state index < -0.39 is 11.7 Å². The van der Waals surface area contributed by atoms with Crippen molar-refractivity contribution in [2.24, 2.45) is 0 Å². The Morgan fingerprint density at radius 3 is 2.21 bits per heavy atom. The Balaban J connectivity index is 1.83. The molecule has 150 valence electrons. The number of anilines is 2. The van der Waals surface area contributed by atoms with E-state index in [4.69, 9.17) is 15.2 Å². The molecule has 0 bridgehead atoms. The summed E-state index contributed by atoms with van der Waals surface area (Å²) in [6.07, 6.45) is -0.479. The molecule has 5 heteroatoms. The van der Waals surface area contributed by atoms with Gasteiger partial charge in [-0.1, -0.05) is 42.5 Å². The van der Waals surface area contributed by atoms with E-state index in [0.29, 0.717) is 22.9 Å². The number of benzene rings is 3. The van der Waals surface area contributed by atoms with Gasteiger partial charge in [0.15, 0.2) is 0 Å². The number of ether oxygens (including phenoxy) is 2. The van der Waals surface area contributed by atoms with Crippen LogP contribution in [0.1, 0.15) is 20.8 Å². The lowest BCUT2D eigenvalue weighted by Gasteiger charge is -2.25. The Morgan fingerprint density at radius 2 is 1.52 bits per heavy atom. The molecule has 5 nitrogen and oxygen atoms in total. The molecular formula is C24H26N2O3. The summed E-state index contributed by atoms with van der Waals surface area (Å²) in [5.74, 6) is 1.27. The quantitative estimate of drug-likeness (QED) is 0.547. The van der Waals surface area contributed by atoms with Crippen molar-refractivity contribution in [1.29, 1.82) is 0 Å². The maximum absolute atomic E-state index is 12.4. The maximum Gasteiger partial charge on any atom is 0.414 e. The summed E-state index contributed by atoms with van der Waals surface area (Å²) in [6, 6.07) is 23.2. The SMILES string of the molecule is CN(C(=O)OC(C)(C)C)c1cc(Oc2cccc(-c3ccccc3)c2)ccc1N. The van der Waals surface area contributed by atoms with Crippen LogP contribution in [0.3, 0.4) is 0 Å². The summed E-state index contributed by atoms with van der Waals surface area (Å²) >= 11 is 0. The molecule has 0 saturated heterocycles. The minimum Gasteiger partial charge on any atom is -0.457 e. The maximum atomic E-state index is 12.4. The van der Waals surface area contributed by atoms with E-state index in [1.807, 2.05) is 63.2 Å². The van der Waals surface area contributed by atoms with Crippen molar-refractivity contribution in [3.05, 3.63) is 72.8 Å². The van der Waals surface area contributed by atoms with Crippen LogP contribution in [-0.2, 0) is 4.74 Å². The number of hydrogen-bond acceptors (Lipinski definition) is 4. The predicted molar refractivity (Wildman–Crippen MR) is 117 cm³/mol. The first kappa shape index (κ1) is 20.3. The molecule has 0 spiro atoms. The van der Waals surface area contributed by atoms with Crippen molar-refractivity contribution in [3.63, 3.8) is 0 Å². The van der Waals surface area contributed by atoms with Gasteiger partial charge in [0.1, 0.15) is 17.1 Å². The second-order valence-corrected chi connectivity index (χ2v) is 7.76. The molecule has 0 radical (unpaired) electrons. The van der Waals surface area contributed by atoms with Crippen molar-refractivity contribution in [3.8, 4) is 22.6 Å². The number of nitrogen functional groups attached to an aromatic ring is 1. The number of amides is 1. The highest BCUT2D eigenvalue weighted by Gasteiger charge is 2.22. The average Bonchev–Trinajstić information content (AvgIpc) is 2.68. The second-order valence-electron chi connectivity index (χ2n) is 7.76. The standard InChI is InChI=1S/C24H26N2O3/c1-24(2,3)29-23(27)26(4)22-16-20(13-14-21(22)25)28-19-12-8-11-18(15-19)17-9-6-5-7-10-17/h5-16H,25H2,1-4H3. The van der Waals surface area contributed by atoms with Crippen LogP contribution in [0.4, 0.5) is 16.2 Å². The number of rotatable bonds is 4. The van der Waals surface area contributed by atoms with E-state index in [1.165, 1.54) is 4.90 Å². The van der Waals surface area contributed by atoms with Gasteiger partial charge in [-0.05, 0) is 56.2 Å². The Labute approximate surface area is 171 Å². The summed E-state index contributed by atoms with van der Waals surface area (Å²) < 4.78 is 11.5. The first-order valence-electron chi connectivity index (χ1n) is 9.42. The third-order valence-corrected chi connectivity index (χ3v) is 4.21. The van der Waals surface area contributed by atoms with Crippen LogP contribution in [-0.4, -0.2) is 18.7 Å². The third-order valence-electron chi connectivity index (χ3n) is 4.21. The third kappa shape index (κ3) is 5.29.